The summed E-state index contributed by atoms with van der Waals surface area (Å²) in [5.74, 6) is 1.42. The van der Waals surface area contributed by atoms with Crippen LogP contribution in [-0.2, 0) is 16.1 Å². The van der Waals surface area contributed by atoms with Crippen LogP contribution in [0.5, 0.6) is 5.75 Å². The number of ether oxygens (including phenoxy) is 2. The van der Waals surface area contributed by atoms with Crippen molar-refractivity contribution < 1.29 is 14.3 Å². The molecule has 3 rings (SSSR count). The number of likely N-dealkylation sites (tertiary alicyclic amines) is 1. The maximum absolute atomic E-state index is 11.7. The van der Waals surface area contributed by atoms with E-state index in [2.05, 4.69) is 22.3 Å². The number of fused-ring (bicyclic) bond motifs is 1. The van der Waals surface area contributed by atoms with Gasteiger partial charge in [0.1, 0.15) is 11.9 Å². The van der Waals surface area contributed by atoms with Gasteiger partial charge >= 0.3 is 0 Å². The lowest BCUT2D eigenvalue weighted by atomic mass is 9.91. The minimum Gasteiger partial charge on any atom is -0.497 e. The Balaban J connectivity index is 1.56. The second kappa shape index (κ2) is 6.67. The average Bonchev–Trinajstić information content (AvgIpc) is 2.98. The summed E-state index contributed by atoms with van der Waals surface area (Å²) < 4.78 is 11.1. The van der Waals surface area contributed by atoms with Crippen molar-refractivity contribution >= 4 is 5.91 Å². The highest BCUT2D eigenvalue weighted by molar-refractivity contribution is 5.80. The number of hydrogen-bond donors (Lipinski definition) is 1. The maximum Gasteiger partial charge on any atom is 0.248 e. The number of hydrogen-bond acceptors (Lipinski definition) is 4. The molecule has 3 atom stereocenters. The first-order chi connectivity index (χ1) is 10.7. The van der Waals surface area contributed by atoms with E-state index in [4.69, 9.17) is 9.47 Å². The van der Waals surface area contributed by atoms with E-state index in [1.54, 1.807) is 14.2 Å². The number of piperidine rings is 1. The Morgan fingerprint density at radius 1 is 1.41 bits per heavy atom. The highest BCUT2D eigenvalue weighted by atomic mass is 16.5. The van der Waals surface area contributed by atoms with Gasteiger partial charge in [-0.05, 0) is 43.0 Å². The van der Waals surface area contributed by atoms with Gasteiger partial charge in [-0.3, -0.25) is 9.69 Å². The zero-order valence-corrected chi connectivity index (χ0v) is 13.2. The van der Waals surface area contributed by atoms with Crippen LogP contribution in [0.2, 0.25) is 0 Å². The second-order valence-electron chi connectivity index (χ2n) is 6.15. The molecule has 1 amide bonds. The lowest BCUT2D eigenvalue weighted by molar-refractivity contribution is -0.132. The van der Waals surface area contributed by atoms with Crippen LogP contribution >= 0.6 is 0 Å². The molecular weight excluding hydrogens is 280 g/mol. The minimum absolute atomic E-state index is 0.0103. The molecule has 0 aliphatic carbocycles. The van der Waals surface area contributed by atoms with Gasteiger partial charge in [0, 0.05) is 20.1 Å². The number of methoxy groups -OCH3 is 1. The standard InChI is InChI=1S/C17H24N2O3/c1-18-17(20)15-9-13-7-8-19(11-16(13)22-15)10-12-3-5-14(21-2)6-4-12/h3-6,13,15-16H,7-11H2,1-2H3,(H,18,20)/t13-,15+,16+/m1/s1. The molecule has 1 aromatic rings. The van der Waals surface area contributed by atoms with Crippen LogP contribution in [0.3, 0.4) is 0 Å². The Hall–Kier alpha value is -1.59. The molecule has 0 bridgehead atoms. The van der Waals surface area contributed by atoms with E-state index < -0.39 is 0 Å². The summed E-state index contributed by atoms with van der Waals surface area (Å²) in [7, 11) is 3.35. The summed E-state index contributed by atoms with van der Waals surface area (Å²) in [5.41, 5.74) is 1.28. The summed E-state index contributed by atoms with van der Waals surface area (Å²) in [6, 6.07) is 8.20. The number of carbonyl (C=O) groups is 1. The number of amides is 1. The normalized spacial score (nSPS) is 28.2. The zero-order chi connectivity index (χ0) is 15.5. The van der Waals surface area contributed by atoms with Crippen LogP contribution in [0.15, 0.2) is 24.3 Å². The average molecular weight is 304 g/mol. The van der Waals surface area contributed by atoms with Gasteiger partial charge in [-0.2, -0.15) is 0 Å². The number of benzene rings is 1. The van der Waals surface area contributed by atoms with Gasteiger partial charge in [-0.1, -0.05) is 12.1 Å². The lowest BCUT2D eigenvalue weighted by Crippen LogP contribution is -2.42. The van der Waals surface area contributed by atoms with Gasteiger partial charge in [0.2, 0.25) is 5.91 Å². The first-order valence-corrected chi connectivity index (χ1v) is 7.92. The van der Waals surface area contributed by atoms with Crippen LogP contribution in [0.25, 0.3) is 0 Å². The van der Waals surface area contributed by atoms with Gasteiger partial charge in [0.25, 0.3) is 0 Å². The summed E-state index contributed by atoms with van der Waals surface area (Å²) >= 11 is 0. The summed E-state index contributed by atoms with van der Waals surface area (Å²) in [6.07, 6.45) is 1.89. The predicted molar refractivity (Wildman–Crippen MR) is 83.7 cm³/mol. The molecule has 0 radical (unpaired) electrons. The number of nitrogens with one attached hydrogen (secondary N) is 1. The van der Waals surface area contributed by atoms with Crippen molar-refractivity contribution in [1.82, 2.24) is 10.2 Å². The number of nitrogens with zero attached hydrogens (tertiary/aromatic N) is 1. The molecule has 2 saturated heterocycles. The smallest absolute Gasteiger partial charge is 0.248 e. The molecule has 22 heavy (non-hydrogen) atoms. The van der Waals surface area contributed by atoms with Crippen molar-refractivity contribution in [3.05, 3.63) is 29.8 Å². The van der Waals surface area contributed by atoms with Gasteiger partial charge in [-0.15, -0.1) is 0 Å². The highest BCUT2D eigenvalue weighted by Gasteiger charge is 2.41. The Morgan fingerprint density at radius 3 is 2.86 bits per heavy atom. The molecule has 5 heteroatoms. The molecule has 1 aromatic carbocycles. The number of rotatable bonds is 4. The fourth-order valence-corrected chi connectivity index (χ4v) is 3.46. The van der Waals surface area contributed by atoms with E-state index in [1.807, 2.05) is 12.1 Å². The Kier molecular flexibility index (Phi) is 4.64. The third-order valence-electron chi connectivity index (χ3n) is 4.74. The Bertz CT molecular complexity index is 517. The van der Waals surface area contributed by atoms with Crippen LogP contribution in [-0.4, -0.2) is 50.3 Å². The lowest BCUT2D eigenvalue weighted by Gasteiger charge is -2.34. The molecule has 2 aliphatic rings. The van der Waals surface area contributed by atoms with Crippen molar-refractivity contribution in [3.63, 3.8) is 0 Å². The molecule has 2 heterocycles. The molecule has 120 valence electrons. The minimum atomic E-state index is -0.263. The fraction of sp³-hybridized carbons (Fsp3) is 0.588. The monoisotopic (exact) mass is 304 g/mol. The fourth-order valence-electron chi connectivity index (χ4n) is 3.46. The molecule has 0 spiro atoms. The van der Waals surface area contributed by atoms with E-state index in [1.165, 1.54) is 5.56 Å². The third kappa shape index (κ3) is 3.25. The van der Waals surface area contributed by atoms with E-state index in [9.17, 15) is 4.79 Å². The number of likely N-dealkylation sites (N-methyl/N-ethyl adjacent to an activating group) is 1. The second-order valence-corrected chi connectivity index (χ2v) is 6.15. The molecule has 5 nitrogen and oxygen atoms in total. The van der Waals surface area contributed by atoms with Gasteiger partial charge in [-0.25, -0.2) is 0 Å². The van der Waals surface area contributed by atoms with Crippen LogP contribution in [0, 0.1) is 5.92 Å². The largest absolute Gasteiger partial charge is 0.497 e. The first-order valence-electron chi connectivity index (χ1n) is 7.92. The molecule has 2 fully saturated rings. The topological polar surface area (TPSA) is 50.8 Å². The molecule has 1 N–H and O–H groups in total. The first kappa shape index (κ1) is 15.3. The Morgan fingerprint density at radius 2 is 2.18 bits per heavy atom. The van der Waals surface area contributed by atoms with E-state index in [0.717, 1.165) is 38.2 Å². The third-order valence-corrected chi connectivity index (χ3v) is 4.74. The van der Waals surface area contributed by atoms with Crippen molar-refractivity contribution in [2.45, 2.75) is 31.6 Å². The van der Waals surface area contributed by atoms with Crippen molar-refractivity contribution in [2.75, 3.05) is 27.2 Å². The van der Waals surface area contributed by atoms with Gasteiger partial charge in [0.05, 0.1) is 13.2 Å². The summed E-state index contributed by atoms with van der Waals surface area (Å²) in [6.45, 7) is 2.89. The van der Waals surface area contributed by atoms with Gasteiger partial charge in [0.15, 0.2) is 0 Å². The van der Waals surface area contributed by atoms with E-state index in [0.29, 0.717) is 5.92 Å². The zero-order valence-electron chi connectivity index (χ0n) is 13.2. The van der Waals surface area contributed by atoms with Crippen molar-refractivity contribution in [2.24, 2.45) is 5.92 Å². The maximum atomic E-state index is 11.7. The van der Waals surface area contributed by atoms with Gasteiger partial charge < -0.3 is 14.8 Å². The quantitative estimate of drug-likeness (QED) is 0.914. The predicted octanol–water partition coefficient (Wildman–Crippen LogP) is 1.42. The van der Waals surface area contributed by atoms with Crippen LogP contribution in [0.4, 0.5) is 0 Å². The summed E-state index contributed by atoms with van der Waals surface area (Å²) in [5, 5.41) is 2.69. The van der Waals surface area contributed by atoms with Crippen molar-refractivity contribution in [1.29, 1.82) is 0 Å². The van der Waals surface area contributed by atoms with Crippen LogP contribution in [0.1, 0.15) is 18.4 Å². The highest BCUT2D eigenvalue weighted by Crippen LogP contribution is 2.33. The Labute approximate surface area is 131 Å². The SMILES string of the molecule is CNC(=O)[C@@H]1C[C@H]2CCN(Cc3ccc(OC)cc3)C[C@@H]2O1. The van der Waals surface area contributed by atoms with Crippen molar-refractivity contribution in [3.8, 4) is 5.75 Å². The van der Waals surface area contributed by atoms with E-state index >= 15 is 0 Å². The molecule has 0 saturated carbocycles. The van der Waals surface area contributed by atoms with Crippen LogP contribution < -0.4 is 10.1 Å². The van der Waals surface area contributed by atoms with E-state index in [-0.39, 0.29) is 18.1 Å². The number of carbonyl (C=O) groups excluding carboxylic acids is 1. The summed E-state index contributed by atoms with van der Waals surface area (Å²) in [4.78, 5) is 14.1. The molecule has 0 unspecified atom stereocenters. The molecule has 2 aliphatic heterocycles. The molecular formula is C17H24N2O3. The molecule has 0 aromatic heterocycles.